The number of hydrogen-bond acceptors (Lipinski definition) is 6. The summed E-state index contributed by atoms with van der Waals surface area (Å²) in [6, 6.07) is 7.85. The summed E-state index contributed by atoms with van der Waals surface area (Å²) in [5.41, 5.74) is 2.41. The fourth-order valence-corrected chi connectivity index (χ4v) is 5.41. The minimum atomic E-state index is -0.550. The molecule has 9 heteroatoms. The number of hydrogen-bond donors (Lipinski definition) is 0. The van der Waals surface area contributed by atoms with Crippen molar-refractivity contribution in [1.82, 2.24) is 14.7 Å². The Morgan fingerprint density at radius 3 is 2.57 bits per heavy atom. The molecule has 1 aromatic carbocycles. The molecule has 4 aliphatic rings. The molecule has 0 radical (unpaired) electrons. The lowest BCUT2D eigenvalue weighted by Crippen LogP contribution is -2.64. The third-order valence-corrected chi connectivity index (χ3v) is 7.44. The van der Waals surface area contributed by atoms with Gasteiger partial charge in [-0.15, -0.1) is 0 Å². The van der Waals surface area contributed by atoms with Crippen LogP contribution in [0.25, 0.3) is 0 Å². The van der Waals surface area contributed by atoms with E-state index in [9.17, 15) is 9.59 Å². The van der Waals surface area contributed by atoms with E-state index < -0.39 is 6.04 Å². The van der Waals surface area contributed by atoms with E-state index in [1.54, 1.807) is 11.9 Å². The molecule has 35 heavy (non-hydrogen) atoms. The zero-order chi connectivity index (χ0) is 24.5. The Hall–Kier alpha value is -2.78. The quantitative estimate of drug-likeness (QED) is 0.556. The van der Waals surface area contributed by atoms with Gasteiger partial charge in [0.1, 0.15) is 5.69 Å². The summed E-state index contributed by atoms with van der Waals surface area (Å²) in [5.74, 6) is 1.49. The maximum Gasteiger partial charge on any atom is 0.397 e. The molecule has 0 saturated carbocycles. The molecular weight excluding hydrogens is 444 g/mol. The molecule has 0 aromatic heterocycles. The monoisotopic (exact) mass is 481 g/mol. The topological polar surface area (TPSA) is 71.7 Å². The van der Waals surface area contributed by atoms with Crippen LogP contribution < -0.4 is 4.90 Å². The van der Waals surface area contributed by atoms with Crippen LogP contribution in [0.3, 0.4) is 0 Å². The lowest BCUT2D eigenvalue weighted by atomic mass is 10.1. The first-order valence-electron chi connectivity index (χ1n) is 13.0. The molecule has 5 rings (SSSR count). The van der Waals surface area contributed by atoms with Crippen molar-refractivity contribution in [3.8, 4) is 0 Å². The number of unbranched alkanes of at least 4 members (excludes halogenated alkanes) is 1. The van der Waals surface area contributed by atoms with Crippen molar-refractivity contribution in [3.05, 3.63) is 29.8 Å². The van der Waals surface area contributed by atoms with E-state index in [1.165, 1.54) is 23.3 Å². The van der Waals surface area contributed by atoms with Crippen LogP contribution in [0.2, 0.25) is 0 Å². The maximum absolute atomic E-state index is 13.7. The van der Waals surface area contributed by atoms with E-state index in [2.05, 4.69) is 52.5 Å². The molecule has 9 nitrogen and oxygen atoms in total. The fraction of sp³-hybridized carbons (Fsp3) is 0.615. The molecule has 2 atom stereocenters. The molecule has 4 heterocycles. The summed E-state index contributed by atoms with van der Waals surface area (Å²) in [4.78, 5) is 39.1. The summed E-state index contributed by atoms with van der Waals surface area (Å²) < 4.78 is 7.52. The molecule has 1 aromatic rings. The van der Waals surface area contributed by atoms with Gasteiger partial charge < -0.3 is 4.74 Å². The number of carbonyl (C=O) groups is 2. The number of fused-ring (bicyclic) bond motifs is 2. The van der Waals surface area contributed by atoms with Crippen LogP contribution in [0.4, 0.5) is 10.5 Å². The minimum Gasteiger partial charge on any atom is -0.379 e. The van der Waals surface area contributed by atoms with Crippen molar-refractivity contribution in [1.29, 1.82) is 0 Å². The number of nitrogens with zero attached hydrogens (tertiary/aromatic N) is 6. The SMILES string of the molecule is CCCCc1ccc(N2CC(C)C[N+]3=C2N=C2C3C(=O)N(CCN3CCOCC3)C(=O)N2C)cc1. The van der Waals surface area contributed by atoms with Crippen LogP contribution in [-0.2, 0) is 16.0 Å². The van der Waals surface area contributed by atoms with E-state index >= 15 is 0 Å². The Balaban J connectivity index is 1.39. The van der Waals surface area contributed by atoms with Crippen LogP contribution in [0, 0.1) is 5.92 Å². The Morgan fingerprint density at radius 1 is 1.11 bits per heavy atom. The third-order valence-electron chi connectivity index (χ3n) is 7.44. The summed E-state index contributed by atoms with van der Waals surface area (Å²) in [5, 5.41) is 0. The smallest absolute Gasteiger partial charge is 0.379 e. The fourth-order valence-electron chi connectivity index (χ4n) is 5.41. The number of carbonyl (C=O) groups excluding carboxylic acids is 2. The van der Waals surface area contributed by atoms with Gasteiger partial charge in [0.2, 0.25) is 11.9 Å². The number of amidine groups is 1. The Kier molecular flexibility index (Phi) is 6.88. The number of aliphatic imine (C=N–C) groups is 1. The van der Waals surface area contributed by atoms with Gasteiger partial charge in [-0.3, -0.25) is 19.5 Å². The highest BCUT2D eigenvalue weighted by atomic mass is 16.5. The van der Waals surface area contributed by atoms with Crippen molar-refractivity contribution in [2.75, 3.05) is 64.4 Å². The van der Waals surface area contributed by atoms with Gasteiger partial charge in [0.05, 0.1) is 26.3 Å². The van der Waals surface area contributed by atoms with Crippen LogP contribution in [0.1, 0.15) is 32.3 Å². The number of likely N-dealkylation sites (N-methyl/N-ethyl adjacent to an activating group) is 1. The molecule has 188 valence electrons. The van der Waals surface area contributed by atoms with E-state index in [0.717, 1.165) is 44.2 Å². The van der Waals surface area contributed by atoms with E-state index in [1.807, 2.05) is 0 Å². The predicted octanol–water partition coefficient (Wildman–Crippen LogP) is 1.86. The highest BCUT2D eigenvalue weighted by Crippen LogP contribution is 2.28. The van der Waals surface area contributed by atoms with E-state index in [-0.39, 0.29) is 11.9 Å². The summed E-state index contributed by atoms with van der Waals surface area (Å²) in [6.07, 6.45) is 3.45. The first-order valence-corrected chi connectivity index (χ1v) is 13.0. The number of imide groups is 1. The second-order valence-electron chi connectivity index (χ2n) is 10.1. The van der Waals surface area contributed by atoms with Crippen LogP contribution in [-0.4, -0.2) is 109 Å². The molecule has 2 fully saturated rings. The van der Waals surface area contributed by atoms with Crippen LogP contribution in [0.15, 0.2) is 29.3 Å². The number of urea groups is 1. The Morgan fingerprint density at radius 2 is 1.86 bits per heavy atom. The van der Waals surface area contributed by atoms with Gasteiger partial charge in [-0.2, -0.15) is 0 Å². The average molecular weight is 482 g/mol. The first-order chi connectivity index (χ1) is 17.0. The highest BCUT2D eigenvalue weighted by Gasteiger charge is 2.55. The standard InChI is InChI=1S/C26H37N6O3/c1-4-5-6-20-7-9-21(10-8-20)31-17-19(2)18-32-22-23(27-25(31)32)28(3)26(34)30(24(22)33)12-11-29-13-15-35-16-14-29/h7-10,19,22H,4-6,11-18H2,1-3H3/q+1. The second kappa shape index (κ2) is 10.1. The van der Waals surface area contributed by atoms with Crippen LogP contribution >= 0.6 is 0 Å². The number of aryl methyl sites for hydroxylation is 1. The number of ether oxygens (including phenoxy) is 1. The minimum absolute atomic E-state index is 0.168. The molecule has 0 bridgehead atoms. The Labute approximate surface area is 207 Å². The summed E-state index contributed by atoms with van der Waals surface area (Å²) in [7, 11) is 1.73. The van der Waals surface area contributed by atoms with E-state index in [0.29, 0.717) is 38.1 Å². The van der Waals surface area contributed by atoms with Gasteiger partial charge in [-0.1, -0.05) is 37.4 Å². The maximum atomic E-state index is 13.7. The number of morpholine rings is 1. The molecule has 4 aliphatic heterocycles. The lowest BCUT2D eigenvalue weighted by Gasteiger charge is -2.36. The number of rotatable bonds is 7. The number of anilines is 1. The number of guanidine groups is 1. The van der Waals surface area contributed by atoms with Gasteiger partial charge in [0.15, 0.2) is 0 Å². The van der Waals surface area contributed by atoms with Crippen molar-refractivity contribution in [2.24, 2.45) is 10.9 Å². The van der Waals surface area contributed by atoms with Crippen molar-refractivity contribution in [3.63, 3.8) is 0 Å². The number of benzene rings is 1. The summed E-state index contributed by atoms with van der Waals surface area (Å²) >= 11 is 0. The first kappa shape index (κ1) is 23.9. The Bertz CT molecular complexity index is 1030. The molecule has 2 saturated heterocycles. The summed E-state index contributed by atoms with van der Waals surface area (Å²) in [6.45, 7) is 10.1. The van der Waals surface area contributed by atoms with Gasteiger partial charge in [-0.25, -0.2) is 14.3 Å². The van der Waals surface area contributed by atoms with E-state index in [4.69, 9.17) is 9.73 Å². The third kappa shape index (κ3) is 4.59. The molecule has 0 aliphatic carbocycles. The molecule has 0 spiro atoms. The lowest BCUT2D eigenvalue weighted by molar-refractivity contribution is -0.545. The molecular formula is C26H37N6O3+. The zero-order valence-electron chi connectivity index (χ0n) is 21.2. The highest BCUT2D eigenvalue weighted by molar-refractivity contribution is 6.24. The average Bonchev–Trinajstić information content (AvgIpc) is 3.26. The van der Waals surface area contributed by atoms with Gasteiger partial charge in [-0.05, 0) is 30.5 Å². The number of amides is 3. The normalized spacial score (nSPS) is 25.2. The largest absolute Gasteiger partial charge is 0.397 e. The molecule has 3 amide bonds. The zero-order valence-corrected chi connectivity index (χ0v) is 21.2. The van der Waals surface area contributed by atoms with Gasteiger partial charge in [0.25, 0.3) is 5.91 Å². The van der Waals surface area contributed by atoms with Crippen LogP contribution in [0.5, 0.6) is 0 Å². The second-order valence-corrected chi connectivity index (χ2v) is 10.1. The van der Waals surface area contributed by atoms with Crippen molar-refractivity contribution < 1.29 is 18.9 Å². The molecule has 0 N–H and O–H groups in total. The molecule has 2 unspecified atom stereocenters. The van der Waals surface area contributed by atoms with Gasteiger partial charge >= 0.3 is 12.0 Å². The predicted molar refractivity (Wildman–Crippen MR) is 135 cm³/mol. The van der Waals surface area contributed by atoms with Crippen molar-refractivity contribution >= 4 is 29.4 Å². The van der Waals surface area contributed by atoms with Crippen molar-refractivity contribution in [2.45, 2.75) is 39.2 Å². The van der Waals surface area contributed by atoms with Gasteiger partial charge in [0, 0.05) is 39.1 Å².